The topological polar surface area (TPSA) is 59.8 Å². The van der Waals surface area contributed by atoms with E-state index < -0.39 is 0 Å². The standard InChI is InChI=1S/C17H20Cl2N4OS/c1-2-23-16(11-5-3-4-6-11)21-22-17(23)25-10-15(24)20-14-8-12(18)7-13(19)9-14/h7-9,11H,2-6,10H2,1H3,(H,20,24). The van der Waals surface area contributed by atoms with Gasteiger partial charge < -0.3 is 9.88 Å². The van der Waals surface area contributed by atoms with E-state index in [4.69, 9.17) is 23.2 Å². The Labute approximate surface area is 161 Å². The maximum absolute atomic E-state index is 12.2. The molecule has 1 aliphatic carbocycles. The molecule has 134 valence electrons. The molecule has 0 aliphatic heterocycles. The fourth-order valence-electron chi connectivity index (χ4n) is 3.14. The zero-order valence-electron chi connectivity index (χ0n) is 14.0. The van der Waals surface area contributed by atoms with Crippen LogP contribution in [-0.4, -0.2) is 26.4 Å². The summed E-state index contributed by atoms with van der Waals surface area (Å²) in [5.74, 6) is 1.69. The molecule has 0 spiro atoms. The zero-order chi connectivity index (χ0) is 17.8. The Morgan fingerprint density at radius 1 is 1.24 bits per heavy atom. The van der Waals surface area contributed by atoms with Gasteiger partial charge >= 0.3 is 0 Å². The van der Waals surface area contributed by atoms with Gasteiger partial charge in [0, 0.05) is 28.2 Å². The molecule has 1 aliphatic rings. The number of hydrogen-bond acceptors (Lipinski definition) is 4. The SMILES string of the molecule is CCn1c(SCC(=O)Nc2cc(Cl)cc(Cl)c2)nnc1C1CCCC1. The highest BCUT2D eigenvalue weighted by atomic mass is 35.5. The van der Waals surface area contributed by atoms with Crippen molar-refractivity contribution in [2.45, 2.75) is 50.2 Å². The lowest BCUT2D eigenvalue weighted by Crippen LogP contribution is -2.15. The molecule has 1 amide bonds. The number of halogens is 2. The van der Waals surface area contributed by atoms with Gasteiger partial charge in [0.1, 0.15) is 5.82 Å². The zero-order valence-corrected chi connectivity index (χ0v) is 16.3. The summed E-state index contributed by atoms with van der Waals surface area (Å²) in [6.07, 6.45) is 4.88. The maximum atomic E-state index is 12.2. The van der Waals surface area contributed by atoms with Gasteiger partial charge in [-0.1, -0.05) is 47.8 Å². The lowest BCUT2D eigenvalue weighted by atomic mass is 10.1. The number of aromatic nitrogens is 3. The number of thioether (sulfide) groups is 1. The second-order valence-electron chi connectivity index (χ2n) is 6.06. The van der Waals surface area contributed by atoms with Crippen LogP contribution in [0.5, 0.6) is 0 Å². The molecule has 0 radical (unpaired) electrons. The van der Waals surface area contributed by atoms with Crippen molar-refractivity contribution in [1.82, 2.24) is 14.8 Å². The number of carbonyl (C=O) groups is 1. The maximum Gasteiger partial charge on any atom is 0.234 e. The molecule has 1 aromatic heterocycles. The summed E-state index contributed by atoms with van der Waals surface area (Å²) in [5.41, 5.74) is 0.590. The quantitative estimate of drug-likeness (QED) is 0.695. The molecule has 5 nitrogen and oxygen atoms in total. The molecule has 1 aromatic carbocycles. The summed E-state index contributed by atoms with van der Waals surface area (Å²) < 4.78 is 2.13. The van der Waals surface area contributed by atoms with E-state index in [-0.39, 0.29) is 11.7 Å². The molecule has 3 rings (SSSR count). The number of rotatable bonds is 6. The van der Waals surface area contributed by atoms with Crippen LogP contribution in [-0.2, 0) is 11.3 Å². The first kappa shape index (κ1) is 18.5. The summed E-state index contributed by atoms with van der Waals surface area (Å²) in [4.78, 5) is 12.2. The largest absolute Gasteiger partial charge is 0.325 e. The molecule has 1 N–H and O–H groups in total. The van der Waals surface area contributed by atoms with Crippen LogP contribution in [0.4, 0.5) is 5.69 Å². The minimum atomic E-state index is -0.128. The van der Waals surface area contributed by atoms with Gasteiger partial charge in [-0.3, -0.25) is 4.79 Å². The van der Waals surface area contributed by atoms with E-state index in [1.165, 1.54) is 37.4 Å². The van der Waals surface area contributed by atoms with Crippen molar-refractivity contribution in [2.24, 2.45) is 0 Å². The van der Waals surface area contributed by atoms with Crippen molar-refractivity contribution in [3.63, 3.8) is 0 Å². The highest BCUT2D eigenvalue weighted by Gasteiger charge is 2.24. The Hall–Kier alpha value is -1.24. The van der Waals surface area contributed by atoms with Crippen LogP contribution in [0, 0.1) is 0 Å². The minimum absolute atomic E-state index is 0.128. The first-order valence-electron chi connectivity index (χ1n) is 8.38. The van der Waals surface area contributed by atoms with Gasteiger partial charge in [-0.2, -0.15) is 0 Å². The number of nitrogens with zero attached hydrogens (tertiary/aromatic N) is 3. The average Bonchev–Trinajstić information content (AvgIpc) is 3.20. The molecule has 0 bridgehead atoms. The molecular weight excluding hydrogens is 379 g/mol. The van der Waals surface area contributed by atoms with Crippen LogP contribution in [0.25, 0.3) is 0 Å². The average molecular weight is 399 g/mol. The van der Waals surface area contributed by atoms with Gasteiger partial charge in [0.2, 0.25) is 5.91 Å². The highest BCUT2D eigenvalue weighted by Crippen LogP contribution is 2.34. The van der Waals surface area contributed by atoms with Gasteiger partial charge in [-0.15, -0.1) is 10.2 Å². The predicted octanol–water partition coefficient (Wildman–Crippen LogP) is 4.99. The van der Waals surface area contributed by atoms with Crippen molar-refractivity contribution in [3.05, 3.63) is 34.1 Å². The molecule has 8 heteroatoms. The second-order valence-corrected chi connectivity index (χ2v) is 7.88. The molecule has 0 saturated heterocycles. The van der Waals surface area contributed by atoms with Gasteiger partial charge in [0.25, 0.3) is 0 Å². The normalized spacial score (nSPS) is 14.8. The third kappa shape index (κ3) is 4.68. The number of nitrogens with one attached hydrogen (secondary N) is 1. The smallest absolute Gasteiger partial charge is 0.234 e. The monoisotopic (exact) mass is 398 g/mol. The second kappa shape index (κ2) is 8.43. The molecule has 2 aromatic rings. The summed E-state index contributed by atoms with van der Waals surface area (Å²) in [5, 5.41) is 13.3. The van der Waals surface area contributed by atoms with Crippen LogP contribution in [0.1, 0.15) is 44.3 Å². The van der Waals surface area contributed by atoms with Gasteiger partial charge in [0.05, 0.1) is 5.75 Å². The summed E-state index contributed by atoms with van der Waals surface area (Å²) >= 11 is 13.3. The highest BCUT2D eigenvalue weighted by molar-refractivity contribution is 7.99. The molecular formula is C17H20Cl2N4OS. The number of carbonyl (C=O) groups excluding carboxylic acids is 1. The molecule has 1 saturated carbocycles. The summed E-state index contributed by atoms with van der Waals surface area (Å²) in [7, 11) is 0. The van der Waals surface area contributed by atoms with Crippen molar-refractivity contribution >= 4 is 46.6 Å². The van der Waals surface area contributed by atoms with E-state index in [0.29, 0.717) is 21.7 Å². The van der Waals surface area contributed by atoms with Crippen molar-refractivity contribution < 1.29 is 4.79 Å². The first-order valence-corrected chi connectivity index (χ1v) is 10.1. The predicted molar refractivity (Wildman–Crippen MR) is 103 cm³/mol. The molecule has 25 heavy (non-hydrogen) atoms. The van der Waals surface area contributed by atoms with Crippen LogP contribution in [0.2, 0.25) is 10.0 Å². The minimum Gasteiger partial charge on any atom is -0.325 e. The molecule has 0 unspecified atom stereocenters. The van der Waals surface area contributed by atoms with Gasteiger partial charge in [-0.25, -0.2) is 0 Å². The number of anilines is 1. The van der Waals surface area contributed by atoms with Gasteiger partial charge in [0.15, 0.2) is 5.16 Å². The van der Waals surface area contributed by atoms with Crippen LogP contribution >= 0.6 is 35.0 Å². The Bertz CT molecular complexity index is 739. The fourth-order valence-corrected chi connectivity index (χ4v) is 4.48. The van der Waals surface area contributed by atoms with E-state index in [2.05, 4.69) is 27.0 Å². The third-order valence-electron chi connectivity index (χ3n) is 4.26. The summed E-state index contributed by atoms with van der Waals surface area (Å²) in [6, 6.07) is 4.97. The van der Waals surface area contributed by atoms with Crippen LogP contribution in [0.15, 0.2) is 23.4 Å². The van der Waals surface area contributed by atoms with Crippen molar-refractivity contribution in [1.29, 1.82) is 0 Å². The Balaban J connectivity index is 1.62. The van der Waals surface area contributed by atoms with E-state index in [0.717, 1.165) is 17.5 Å². The van der Waals surface area contributed by atoms with Crippen LogP contribution in [0.3, 0.4) is 0 Å². The van der Waals surface area contributed by atoms with E-state index >= 15 is 0 Å². The summed E-state index contributed by atoms with van der Waals surface area (Å²) in [6.45, 7) is 2.90. The van der Waals surface area contributed by atoms with Crippen molar-refractivity contribution in [3.8, 4) is 0 Å². The van der Waals surface area contributed by atoms with E-state index in [9.17, 15) is 4.79 Å². The Kier molecular flexibility index (Phi) is 6.25. The van der Waals surface area contributed by atoms with E-state index in [1.807, 2.05) is 0 Å². The lowest BCUT2D eigenvalue weighted by molar-refractivity contribution is -0.113. The van der Waals surface area contributed by atoms with Gasteiger partial charge in [-0.05, 0) is 38.0 Å². The molecule has 0 atom stereocenters. The molecule has 1 fully saturated rings. The third-order valence-corrected chi connectivity index (χ3v) is 5.66. The first-order chi connectivity index (χ1) is 12.1. The van der Waals surface area contributed by atoms with Crippen LogP contribution < -0.4 is 5.32 Å². The fraction of sp³-hybridized carbons (Fsp3) is 0.471. The Morgan fingerprint density at radius 2 is 1.92 bits per heavy atom. The Morgan fingerprint density at radius 3 is 2.56 bits per heavy atom. The number of hydrogen-bond donors (Lipinski definition) is 1. The lowest BCUT2D eigenvalue weighted by Gasteiger charge is -2.11. The molecule has 1 heterocycles. The number of amides is 1. The number of benzene rings is 1. The van der Waals surface area contributed by atoms with Crippen molar-refractivity contribution in [2.75, 3.05) is 11.1 Å². The van der Waals surface area contributed by atoms with E-state index in [1.54, 1.807) is 18.2 Å².